The lowest BCUT2D eigenvalue weighted by molar-refractivity contribution is 1.40. The summed E-state index contributed by atoms with van der Waals surface area (Å²) >= 11 is 1.88. The van der Waals surface area contributed by atoms with E-state index in [0.717, 1.165) is 0 Å². The molecule has 1 heterocycles. The van der Waals surface area contributed by atoms with Gasteiger partial charge in [-0.15, -0.1) is 0 Å². The minimum atomic E-state index is 1.25. The fraction of sp³-hybridized carbons (Fsp3) is 0. The molecule has 0 amide bonds. The monoisotopic (exact) mass is 536 g/mol. The van der Waals surface area contributed by atoms with Crippen molar-refractivity contribution in [2.75, 3.05) is 0 Å². The van der Waals surface area contributed by atoms with E-state index in [1.807, 2.05) is 11.8 Å². The van der Waals surface area contributed by atoms with Gasteiger partial charge in [0.15, 0.2) is 0 Å². The Morgan fingerprint density at radius 3 is 2.07 bits per heavy atom. The van der Waals surface area contributed by atoms with Gasteiger partial charge in [-0.1, -0.05) is 133 Å². The first-order valence-corrected chi connectivity index (χ1v) is 14.9. The van der Waals surface area contributed by atoms with Gasteiger partial charge >= 0.3 is 0 Å². The van der Waals surface area contributed by atoms with Gasteiger partial charge in [-0.05, 0) is 95.3 Å². The van der Waals surface area contributed by atoms with Crippen molar-refractivity contribution in [1.82, 2.24) is 0 Å². The van der Waals surface area contributed by atoms with Crippen molar-refractivity contribution in [2.45, 2.75) is 9.79 Å². The average Bonchev–Trinajstić information content (AvgIpc) is 3.04. The highest BCUT2D eigenvalue weighted by atomic mass is 32.2. The van der Waals surface area contributed by atoms with Crippen LogP contribution in [0.4, 0.5) is 0 Å². The zero-order chi connectivity index (χ0) is 26.9. The molecular formula is C40H24S. The largest absolute Gasteiger partial charge is 0.0888 e. The maximum absolute atomic E-state index is 2.42. The van der Waals surface area contributed by atoms with Gasteiger partial charge in [-0.3, -0.25) is 0 Å². The van der Waals surface area contributed by atoms with Gasteiger partial charge in [0.1, 0.15) is 0 Å². The summed E-state index contributed by atoms with van der Waals surface area (Å²) in [6.45, 7) is 0. The van der Waals surface area contributed by atoms with Crippen LogP contribution in [0.3, 0.4) is 0 Å². The molecule has 9 rings (SSSR count). The molecule has 0 aliphatic carbocycles. The molecule has 0 unspecified atom stereocenters. The standard InChI is InChI=1S/C40H24S/c1-2-10-26(11-3-1)39-34-20-19-25-9-4-5-12-29(25)36(34)24-28-18-17-27(23-35(28)39)30-21-22-38-40-32(30)14-8-15-33(40)31-13-6-7-16-37(31)41-38/h1-24H. The molecule has 41 heavy (non-hydrogen) atoms. The van der Waals surface area contributed by atoms with Gasteiger partial charge < -0.3 is 0 Å². The molecule has 1 heteroatoms. The van der Waals surface area contributed by atoms with Crippen LogP contribution in [0.25, 0.3) is 76.5 Å². The molecule has 190 valence electrons. The number of benzene rings is 8. The molecule has 0 N–H and O–H groups in total. The van der Waals surface area contributed by atoms with Crippen molar-refractivity contribution < 1.29 is 0 Å². The first-order valence-electron chi connectivity index (χ1n) is 14.1. The van der Waals surface area contributed by atoms with Crippen LogP contribution in [0.5, 0.6) is 0 Å². The summed E-state index contributed by atoms with van der Waals surface area (Å²) in [7, 11) is 0. The summed E-state index contributed by atoms with van der Waals surface area (Å²) in [6, 6.07) is 53.8. The normalized spacial score (nSPS) is 12.3. The lowest BCUT2D eigenvalue weighted by atomic mass is 9.87. The van der Waals surface area contributed by atoms with Gasteiger partial charge in [0.2, 0.25) is 0 Å². The predicted octanol–water partition coefficient (Wildman–Crippen LogP) is 11.8. The highest BCUT2D eigenvalue weighted by molar-refractivity contribution is 7.99. The molecule has 0 saturated heterocycles. The second-order valence-electron chi connectivity index (χ2n) is 10.9. The fourth-order valence-electron chi connectivity index (χ4n) is 6.78. The van der Waals surface area contributed by atoms with Crippen molar-refractivity contribution >= 4 is 54.9 Å². The van der Waals surface area contributed by atoms with Crippen molar-refractivity contribution in [3.63, 3.8) is 0 Å². The van der Waals surface area contributed by atoms with E-state index >= 15 is 0 Å². The number of rotatable bonds is 2. The Bertz CT molecular complexity index is 2330. The molecule has 8 aromatic carbocycles. The zero-order valence-corrected chi connectivity index (χ0v) is 23.1. The van der Waals surface area contributed by atoms with E-state index in [0.29, 0.717) is 0 Å². The maximum Gasteiger partial charge on any atom is 0.0207 e. The first-order chi connectivity index (χ1) is 20.3. The molecule has 0 spiro atoms. The van der Waals surface area contributed by atoms with Crippen molar-refractivity contribution in [1.29, 1.82) is 0 Å². The quantitative estimate of drug-likeness (QED) is 0.156. The third kappa shape index (κ3) is 3.43. The van der Waals surface area contributed by atoms with Crippen molar-refractivity contribution in [3.8, 4) is 33.4 Å². The Hall–Kier alpha value is -4.85. The Balaban J connectivity index is 1.35. The Labute approximate surface area is 242 Å². The lowest BCUT2D eigenvalue weighted by Crippen LogP contribution is -1.94. The van der Waals surface area contributed by atoms with Crippen molar-refractivity contribution in [3.05, 3.63) is 146 Å². The molecule has 0 bridgehead atoms. The molecule has 0 saturated carbocycles. The Morgan fingerprint density at radius 2 is 1.12 bits per heavy atom. The minimum Gasteiger partial charge on any atom is -0.0888 e. The summed E-state index contributed by atoms with van der Waals surface area (Å²) in [5, 5.41) is 10.4. The molecule has 0 nitrogen and oxygen atoms in total. The number of hydrogen-bond acceptors (Lipinski definition) is 1. The second kappa shape index (κ2) is 8.83. The molecule has 8 aromatic rings. The van der Waals surface area contributed by atoms with E-state index in [4.69, 9.17) is 0 Å². The third-order valence-electron chi connectivity index (χ3n) is 8.64. The molecule has 0 radical (unpaired) electrons. The third-order valence-corrected chi connectivity index (χ3v) is 9.77. The van der Waals surface area contributed by atoms with E-state index in [9.17, 15) is 0 Å². The molecule has 1 aliphatic rings. The average molecular weight is 537 g/mol. The predicted molar refractivity (Wildman–Crippen MR) is 177 cm³/mol. The van der Waals surface area contributed by atoms with E-state index in [1.54, 1.807) is 0 Å². The number of hydrogen-bond donors (Lipinski definition) is 0. The fourth-order valence-corrected chi connectivity index (χ4v) is 7.91. The minimum absolute atomic E-state index is 1.25. The van der Waals surface area contributed by atoms with Crippen LogP contribution in [-0.4, -0.2) is 0 Å². The lowest BCUT2D eigenvalue weighted by Gasteiger charge is -2.22. The van der Waals surface area contributed by atoms with E-state index in [1.165, 1.54) is 86.3 Å². The van der Waals surface area contributed by atoms with Crippen LogP contribution in [0.15, 0.2) is 155 Å². The zero-order valence-electron chi connectivity index (χ0n) is 22.3. The SMILES string of the molecule is c1ccc(-c2c3cc(-c4ccc5c6c(cccc46)-c4ccccc4S5)ccc3cc3c2ccc2ccccc23)cc1. The van der Waals surface area contributed by atoms with E-state index in [-0.39, 0.29) is 0 Å². The second-order valence-corrected chi connectivity index (χ2v) is 12.0. The van der Waals surface area contributed by atoms with Crippen LogP contribution in [0, 0.1) is 0 Å². The molecule has 0 fully saturated rings. The van der Waals surface area contributed by atoms with Crippen LogP contribution in [0.2, 0.25) is 0 Å². The van der Waals surface area contributed by atoms with Gasteiger partial charge in [0, 0.05) is 15.2 Å². The van der Waals surface area contributed by atoms with Gasteiger partial charge in [0.25, 0.3) is 0 Å². The number of fused-ring (bicyclic) bond motifs is 6. The van der Waals surface area contributed by atoms with Crippen LogP contribution < -0.4 is 0 Å². The first kappa shape index (κ1) is 22.9. The van der Waals surface area contributed by atoms with Crippen molar-refractivity contribution in [2.24, 2.45) is 0 Å². The maximum atomic E-state index is 2.42. The highest BCUT2D eigenvalue weighted by Crippen LogP contribution is 2.50. The Kier molecular flexibility index (Phi) is 4.93. The smallest absolute Gasteiger partial charge is 0.0207 e. The van der Waals surface area contributed by atoms with E-state index in [2.05, 4.69) is 146 Å². The Morgan fingerprint density at radius 1 is 0.341 bits per heavy atom. The van der Waals surface area contributed by atoms with Gasteiger partial charge in [0.05, 0.1) is 0 Å². The van der Waals surface area contributed by atoms with Crippen LogP contribution >= 0.6 is 11.8 Å². The summed E-state index contributed by atoms with van der Waals surface area (Å²) in [4.78, 5) is 2.67. The highest BCUT2D eigenvalue weighted by Gasteiger charge is 2.21. The summed E-state index contributed by atoms with van der Waals surface area (Å²) < 4.78 is 0. The van der Waals surface area contributed by atoms with Crippen LogP contribution in [-0.2, 0) is 0 Å². The summed E-state index contributed by atoms with van der Waals surface area (Å²) in [5.74, 6) is 0. The molecule has 0 atom stereocenters. The molecular weight excluding hydrogens is 513 g/mol. The molecule has 1 aliphatic heterocycles. The van der Waals surface area contributed by atoms with Crippen LogP contribution in [0.1, 0.15) is 0 Å². The summed E-state index contributed by atoms with van der Waals surface area (Å²) in [6.07, 6.45) is 0. The summed E-state index contributed by atoms with van der Waals surface area (Å²) in [5.41, 5.74) is 7.75. The topological polar surface area (TPSA) is 0 Å². The van der Waals surface area contributed by atoms with E-state index < -0.39 is 0 Å². The van der Waals surface area contributed by atoms with Gasteiger partial charge in [-0.2, -0.15) is 0 Å². The molecule has 0 aromatic heterocycles. The van der Waals surface area contributed by atoms with Gasteiger partial charge in [-0.25, -0.2) is 0 Å².